The molecule has 1 heterocycles. The van der Waals surface area contributed by atoms with Crippen LogP contribution in [0.5, 0.6) is 5.75 Å². The number of ether oxygens (including phenoxy) is 1. The van der Waals surface area contributed by atoms with Crippen molar-refractivity contribution in [1.82, 2.24) is 10.3 Å². The molecule has 0 aliphatic carbocycles. The Labute approximate surface area is 123 Å². The Bertz CT molecular complexity index is 605. The first-order chi connectivity index (χ1) is 10.2. The predicted octanol–water partition coefficient (Wildman–Crippen LogP) is 3.46. The predicted molar refractivity (Wildman–Crippen MR) is 77.3 cm³/mol. The van der Waals surface area contributed by atoms with Gasteiger partial charge in [0.25, 0.3) is 0 Å². The van der Waals surface area contributed by atoms with Crippen LogP contribution in [0.4, 0.5) is 8.78 Å². The SMILES string of the molecule is CCCNC(c1ccncc1OC)c1cccc(F)c1F. The van der Waals surface area contributed by atoms with Gasteiger partial charge < -0.3 is 10.1 Å². The summed E-state index contributed by atoms with van der Waals surface area (Å²) in [5, 5.41) is 3.23. The molecule has 0 saturated carbocycles. The van der Waals surface area contributed by atoms with E-state index in [1.54, 1.807) is 24.5 Å². The Morgan fingerprint density at radius 3 is 2.76 bits per heavy atom. The number of nitrogens with one attached hydrogen (secondary N) is 1. The third kappa shape index (κ3) is 3.36. The van der Waals surface area contributed by atoms with Gasteiger partial charge in [0.15, 0.2) is 11.6 Å². The van der Waals surface area contributed by atoms with Gasteiger partial charge in [0, 0.05) is 17.3 Å². The monoisotopic (exact) mass is 292 g/mol. The van der Waals surface area contributed by atoms with Crippen LogP contribution in [-0.4, -0.2) is 18.6 Å². The number of benzene rings is 1. The van der Waals surface area contributed by atoms with E-state index in [2.05, 4.69) is 10.3 Å². The molecule has 0 bridgehead atoms. The quantitative estimate of drug-likeness (QED) is 0.885. The highest BCUT2D eigenvalue weighted by Gasteiger charge is 2.22. The summed E-state index contributed by atoms with van der Waals surface area (Å²) in [4.78, 5) is 3.99. The normalized spacial score (nSPS) is 12.2. The van der Waals surface area contributed by atoms with Crippen LogP contribution in [0.3, 0.4) is 0 Å². The molecule has 0 aliphatic heterocycles. The van der Waals surface area contributed by atoms with Gasteiger partial charge in [-0.3, -0.25) is 4.98 Å². The van der Waals surface area contributed by atoms with E-state index in [-0.39, 0.29) is 5.56 Å². The first-order valence-corrected chi connectivity index (χ1v) is 6.84. The molecule has 1 atom stereocenters. The number of nitrogens with zero attached hydrogens (tertiary/aromatic N) is 1. The molecule has 5 heteroatoms. The van der Waals surface area contributed by atoms with Gasteiger partial charge in [-0.15, -0.1) is 0 Å². The maximum absolute atomic E-state index is 14.1. The second-order valence-electron chi connectivity index (χ2n) is 4.65. The summed E-state index contributed by atoms with van der Waals surface area (Å²) in [7, 11) is 1.53. The summed E-state index contributed by atoms with van der Waals surface area (Å²) in [5.74, 6) is -1.16. The van der Waals surface area contributed by atoms with E-state index in [4.69, 9.17) is 4.74 Å². The summed E-state index contributed by atoms with van der Waals surface area (Å²) in [5.41, 5.74) is 0.985. The van der Waals surface area contributed by atoms with Gasteiger partial charge in [-0.2, -0.15) is 0 Å². The number of methoxy groups -OCH3 is 1. The molecule has 21 heavy (non-hydrogen) atoms. The molecule has 2 rings (SSSR count). The highest BCUT2D eigenvalue weighted by Crippen LogP contribution is 2.31. The Balaban J connectivity index is 2.50. The minimum absolute atomic E-state index is 0.257. The van der Waals surface area contributed by atoms with Crippen LogP contribution in [0.1, 0.15) is 30.5 Å². The lowest BCUT2D eigenvalue weighted by Crippen LogP contribution is -2.25. The highest BCUT2D eigenvalue weighted by molar-refractivity contribution is 5.40. The Morgan fingerprint density at radius 1 is 1.24 bits per heavy atom. The standard InChI is InChI=1S/C16H18F2N2O/c1-3-8-20-16(11-7-9-19-10-14(11)21-2)12-5-4-6-13(17)15(12)18/h4-7,9-10,16,20H,3,8H2,1-2H3. The molecular weight excluding hydrogens is 274 g/mol. The van der Waals surface area contributed by atoms with E-state index in [0.29, 0.717) is 12.3 Å². The molecule has 0 aliphatic rings. The molecule has 0 radical (unpaired) electrons. The average molecular weight is 292 g/mol. The van der Waals surface area contributed by atoms with Crippen molar-refractivity contribution in [3.63, 3.8) is 0 Å². The zero-order chi connectivity index (χ0) is 15.2. The molecule has 1 aromatic carbocycles. The molecule has 1 aromatic heterocycles. The van der Waals surface area contributed by atoms with E-state index in [0.717, 1.165) is 18.1 Å². The molecular formula is C16H18F2N2O. The van der Waals surface area contributed by atoms with Gasteiger partial charge in [0.05, 0.1) is 19.3 Å². The minimum Gasteiger partial charge on any atom is -0.495 e. The van der Waals surface area contributed by atoms with Gasteiger partial charge in [0.1, 0.15) is 5.75 Å². The second kappa shape index (κ2) is 7.13. The van der Waals surface area contributed by atoms with Crippen LogP contribution in [-0.2, 0) is 0 Å². The summed E-state index contributed by atoms with van der Waals surface area (Å²) in [6.45, 7) is 2.68. The van der Waals surface area contributed by atoms with Gasteiger partial charge in [-0.25, -0.2) is 8.78 Å². The van der Waals surface area contributed by atoms with Gasteiger partial charge >= 0.3 is 0 Å². The van der Waals surface area contributed by atoms with Crippen LogP contribution >= 0.6 is 0 Å². The summed E-state index contributed by atoms with van der Waals surface area (Å²) >= 11 is 0. The molecule has 112 valence electrons. The first kappa shape index (κ1) is 15.4. The maximum Gasteiger partial charge on any atom is 0.163 e. The Kier molecular flexibility index (Phi) is 5.22. The van der Waals surface area contributed by atoms with E-state index >= 15 is 0 Å². The summed E-state index contributed by atoms with van der Waals surface area (Å²) < 4.78 is 32.9. The molecule has 0 spiro atoms. The van der Waals surface area contributed by atoms with Crippen LogP contribution in [0.25, 0.3) is 0 Å². The molecule has 1 unspecified atom stereocenters. The fourth-order valence-electron chi connectivity index (χ4n) is 2.22. The minimum atomic E-state index is -0.858. The average Bonchev–Trinajstić information content (AvgIpc) is 2.52. The van der Waals surface area contributed by atoms with E-state index in [1.165, 1.54) is 13.2 Å². The van der Waals surface area contributed by atoms with Gasteiger partial charge in [-0.05, 0) is 25.1 Å². The van der Waals surface area contributed by atoms with Crippen molar-refractivity contribution < 1.29 is 13.5 Å². The molecule has 1 N–H and O–H groups in total. The van der Waals surface area contributed by atoms with E-state index in [9.17, 15) is 8.78 Å². The Hall–Kier alpha value is -2.01. The number of pyridine rings is 1. The van der Waals surface area contributed by atoms with Crippen LogP contribution in [0, 0.1) is 11.6 Å². The number of aromatic nitrogens is 1. The second-order valence-corrected chi connectivity index (χ2v) is 4.65. The fraction of sp³-hybridized carbons (Fsp3) is 0.312. The van der Waals surface area contributed by atoms with Gasteiger partial charge in [-0.1, -0.05) is 19.1 Å². The maximum atomic E-state index is 14.1. The van der Waals surface area contributed by atoms with E-state index in [1.807, 2.05) is 6.92 Å². The number of halogens is 2. The molecule has 2 aromatic rings. The van der Waals surface area contributed by atoms with Crippen molar-refractivity contribution >= 4 is 0 Å². The van der Waals surface area contributed by atoms with Crippen molar-refractivity contribution in [3.8, 4) is 5.75 Å². The molecule has 0 amide bonds. The summed E-state index contributed by atoms with van der Waals surface area (Å²) in [6.07, 6.45) is 4.05. The van der Waals surface area contributed by atoms with E-state index < -0.39 is 17.7 Å². The topological polar surface area (TPSA) is 34.2 Å². The zero-order valence-corrected chi connectivity index (χ0v) is 12.1. The highest BCUT2D eigenvalue weighted by atomic mass is 19.2. The number of rotatable bonds is 6. The Morgan fingerprint density at radius 2 is 2.05 bits per heavy atom. The largest absolute Gasteiger partial charge is 0.495 e. The fourth-order valence-corrected chi connectivity index (χ4v) is 2.22. The summed E-state index contributed by atoms with van der Waals surface area (Å²) in [6, 6.07) is 5.45. The lowest BCUT2D eigenvalue weighted by Gasteiger charge is -2.22. The van der Waals surface area contributed by atoms with Crippen LogP contribution < -0.4 is 10.1 Å². The lowest BCUT2D eigenvalue weighted by atomic mass is 9.98. The smallest absolute Gasteiger partial charge is 0.163 e. The van der Waals surface area contributed by atoms with Crippen LogP contribution in [0.15, 0.2) is 36.7 Å². The van der Waals surface area contributed by atoms with Crippen molar-refractivity contribution in [2.45, 2.75) is 19.4 Å². The third-order valence-electron chi connectivity index (χ3n) is 3.24. The number of hydrogen-bond donors (Lipinski definition) is 1. The van der Waals surface area contributed by atoms with Crippen molar-refractivity contribution in [3.05, 3.63) is 59.4 Å². The molecule has 0 saturated heterocycles. The first-order valence-electron chi connectivity index (χ1n) is 6.84. The lowest BCUT2D eigenvalue weighted by molar-refractivity contribution is 0.399. The molecule has 0 fully saturated rings. The van der Waals surface area contributed by atoms with Gasteiger partial charge in [0.2, 0.25) is 0 Å². The third-order valence-corrected chi connectivity index (χ3v) is 3.24. The van der Waals surface area contributed by atoms with Crippen molar-refractivity contribution in [2.24, 2.45) is 0 Å². The van der Waals surface area contributed by atoms with Crippen molar-refractivity contribution in [2.75, 3.05) is 13.7 Å². The van der Waals surface area contributed by atoms with Crippen LogP contribution in [0.2, 0.25) is 0 Å². The number of hydrogen-bond acceptors (Lipinski definition) is 3. The molecule has 3 nitrogen and oxygen atoms in total. The zero-order valence-electron chi connectivity index (χ0n) is 12.1. The van der Waals surface area contributed by atoms with Crippen molar-refractivity contribution in [1.29, 1.82) is 0 Å².